The molecule has 0 heterocycles. The predicted molar refractivity (Wildman–Crippen MR) is 99.3 cm³/mol. The molecule has 0 spiro atoms. The summed E-state index contributed by atoms with van der Waals surface area (Å²) in [5, 5.41) is 14.0. The number of nitrogens with one attached hydrogen (secondary N) is 1. The minimum atomic E-state index is -0.667. The van der Waals surface area contributed by atoms with Crippen LogP contribution in [0.15, 0.2) is 30.3 Å². The van der Waals surface area contributed by atoms with E-state index in [1.54, 1.807) is 13.0 Å². The maximum absolute atomic E-state index is 13.3. The molecule has 0 radical (unpaired) electrons. The molecule has 0 fully saturated rings. The fourth-order valence-electron chi connectivity index (χ4n) is 2.48. The maximum atomic E-state index is 13.3. The molecule has 2 rings (SSSR count). The number of halogens is 1. The molecule has 1 N–H and O–H groups in total. The standard InChI is InChI=1S/C19H21FN2O6/c1-12-8-13(4-5-15(12)20)11-21-19(23)14-9-17(27-3)18(28-7-6-26-2)10-16(14)22(24)25/h4-5,8-10H,6-7,11H2,1-3H3,(H,21,23). The molecular weight excluding hydrogens is 371 g/mol. The molecule has 8 nitrogen and oxygen atoms in total. The van der Waals surface area contributed by atoms with E-state index < -0.39 is 16.5 Å². The largest absolute Gasteiger partial charge is 0.493 e. The number of hydrogen-bond acceptors (Lipinski definition) is 6. The molecule has 0 atom stereocenters. The summed E-state index contributed by atoms with van der Waals surface area (Å²) in [7, 11) is 2.87. The van der Waals surface area contributed by atoms with Crippen molar-refractivity contribution in [3.05, 3.63) is 63.0 Å². The molecule has 2 aromatic carbocycles. The number of aryl methyl sites for hydroxylation is 1. The van der Waals surface area contributed by atoms with Gasteiger partial charge in [0.15, 0.2) is 11.5 Å². The number of hydrogen-bond donors (Lipinski definition) is 1. The van der Waals surface area contributed by atoms with E-state index >= 15 is 0 Å². The minimum absolute atomic E-state index is 0.0888. The number of amides is 1. The monoisotopic (exact) mass is 392 g/mol. The first-order chi connectivity index (χ1) is 13.4. The van der Waals surface area contributed by atoms with E-state index in [-0.39, 0.29) is 42.6 Å². The molecule has 0 saturated heterocycles. The number of ether oxygens (including phenoxy) is 3. The van der Waals surface area contributed by atoms with Crippen LogP contribution in [-0.4, -0.2) is 38.3 Å². The molecule has 0 saturated carbocycles. The SMILES string of the molecule is COCCOc1cc([N+](=O)[O-])c(C(=O)NCc2ccc(F)c(C)c2)cc1OC. The number of benzene rings is 2. The van der Waals surface area contributed by atoms with Crippen LogP contribution in [0.2, 0.25) is 0 Å². The van der Waals surface area contributed by atoms with Gasteiger partial charge in [-0.25, -0.2) is 4.39 Å². The fraction of sp³-hybridized carbons (Fsp3) is 0.316. The Bertz CT molecular complexity index is 872. The topological polar surface area (TPSA) is 99.9 Å². The van der Waals surface area contributed by atoms with Crippen molar-refractivity contribution in [2.45, 2.75) is 13.5 Å². The number of carbonyl (C=O) groups is 1. The van der Waals surface area contributed by atoms with E-state index in [4.69, 9.17) is 14.2 Å². The Morgan fingerprint density at radius 3 is 2.54 bits per heavy atom. The van der Waals surface area contributed by atoms with Crippen LogP contribution in [0.1, 0.15) is 21.5 Å². The highest BCUT2D eigenvalue weighted by Crippen LogP contribution is 2.34. The van der Waals surface area contributed by atoms with Gasteiger partial charge in [0, 0.05) is 19.7 Å². The third-order valence-corrected chi connectivity index (χ3v) is 3.94. The van der Waals surface area contributed by atoms with Gasteiger partial charge in [0.25, 0.3) is 11.6 Å². The zero-order chi connectivity index (χ0) is 20.7. The van der Waals surface area contributed by atoms with Gasteiger partial charge in [0.05, 0.1) is 24.7 Å². The van der Waals surface area contributed by atoms with Crippen LogP contribution in [0.5, 0.6) is 11.5 Å². The van der Waals surface area contributed by atoms with Gasteiger partial charge in [-0.1, -0.05) is 12.1 Å². The van der Waals surface area contributed by atoms with Crippen LogP contribution in [0.3, 0.4) is 0 Å². The van der Waals surface area contributed by atoms with E-state index in [1.807, 2.05) is 0 Å². The lowest BCUT2D eigenvalue weighted by Crippen LogP contribution is -2.24. The lowest BCUT2D eigenvalue weighted by atomic mass is 10.1. The Hall–Kier alpha value is -3.20. The van der Waals surface area contributed by atoms with E-state index in [2.05, 4.69) is 5.32 Å². The molecule has 0 aliphatic rings. The smallest absolute Gasteiger partial charge is 0.286 e. The van der Waals surface area contributed by atoms with Crippen molar-refractivity contribution < 1.29 is 28.3 Å². The molecule has 2 aromatic rings. The number of rotatable bonds is 9. The molecule has 150 valence electrons. The van der Waals surface area contributed by atoms with Gasteiger partial charge < -0.3 is 19.5 Å². The van der Waals surface area contributed by atoms with Crippen LogP contribution in [-0.2, 0) is 11.3 Å². The summed E-state index contributed by atoms with van der Waals surface area (Å²) in [6.07, 6.45) is 0. The Morgan fingerprint density at radius 2 is 1.93 bits per heavy atom. The number of nitro groups is 1. The first kappa shape index (κ1) is 21.1. The van der Waals surface area contributed by atoms with Gasteiger partial charge in [-0.05, 0) is 24.1 Å². The van der Waals surface area contributed by atoms with Crippen molar-refractivity contribution >= 4 is 11.6 Å². The molecule has 0 aromatic heterocycles. The van der Waals surface area contributed by atoms with Gasteiger partial charge in [-0.3, -0.25) is 14.9 Å². The number of nitro benzene ring substituents is 1. The third-order valence-electron chi connectivity index (χ3n) is 3.94. The summed E-state index contributed by atoms with van der Waals surface area (Å²) >= 11 is 0. The van der Waals surface area contributed by atoms with Crippen molar-refractivity contribution in [2.24, 2.45) is 0 Å². The fourth-order valence-corrected chi connectivity index (χ4v) is 2.48. The highest BCUT2D eigenvalue weighted by Gasteiger charge is 2.24. The highest BCUT2D eigenvalue weighted by molar-refractivity contribution is 5.99. The van der Waals surface area contributed by atoms with Gasteiger partial charge in [0.2, 0.25) is 0 Å². The van der Waals surface area contributed by atoms with Crippen LogP contribution >= 0.6 is 0 Å². The van der Waals surface area contributed by atoms with Crippen molar-refractivity contribution in [3.63, 3.8) is 0 Å². The number of nitrogens with zero attached hydrogens (tertiary/aromatic N) is 1. The predicted octanol–water partition coefficient (Wildman–Crippen LogP) is 3.01. The number of carbonyl (C=O) groups excluding carboxylic acids is 1. The zero-order valence-corrected chi connectivity index (χ0v) is 15.8. The molecule has 0 bridgehead atoms. The molecule has 1 amide bonds. The third kappa shape index (κ3) is 5.17. The average Bonchev–Trinajstić information content (AvgIpc) is 2.68. The molecule has 0 aliphatic carbocycles. The van der Waals surface area contributed by atoms with Crippen molar-refractivity contribution in [3.8, 4) is 11.5 Å². The highest BCUT2D eigenvalue weighted by atomic mass is 19.1. The Morgan fingerprint density at radius 1 is 1.18 bits per heavy atom. The second-order valence-electron chi connectivity index (χ2n) is 5.88. The average molecular weight is 392 g/mol. The molecule has 0 aliphatic heterocycles. The molecule has 28 heavy (non-hydrogen) atoms. The first-order valence-corrected chi connectivity index (χ1v) is 8.38. The second kappa shape index (κ2) is 9.65. The van der Waals surface area contributed by atoms with E-state index in [9.17, 15) is 19.3 Å². The normalized spacial score (nSPS) is 10.4. The Kier molecular flexibility index (Phi) is 7.28. The summed E-state index contributed by atoms with van der Waals surface area (Å²) in [4.78, 5) is 23.3. The lowest BCUT2D eigenvalue weighted by molar-refractivity contribution is -0.385. The summed E-state index contributed by atoms with van der Waals surface area (Å²) in [5.41, 5.74) is 0.527. The summed E-state index contributed by atoms with van der Waals surface area (Å²) in [6, 6.07) is 6.83. The van der Waals surface area contributed by atoms with Crippen LogP contribution in [0.4, 0.5) is 10.1 Å². The van der Waals surface area contributed by atoms with E-state index in [0.29, 0.717) is 11.1 Å². The van der Waals surface area contributed by atoms with E-state index in [1.165, 1.54) is 32.4 Å². The van der Waals surface area contributed by atoms with E-state index in [0.717, 1.165) is 6.07 Å². The molecule has 9 heteroatoms. The summed E-state index contributed by atoms with van der Waals surface area (Å²) in [5.74, 6) is -0.684. The summed E-state index contributed by atoms with van der Waals surface area (Å²) in [6.45, 7) is 2.15. The summed E-state index contributed by atoms with van der Waals surface area (Å²) < 4.78 is 28.8. The molecule has 0 unspecified atom stereocenters. The Balaban J connectivity index is 2.25. The van der Waals surface area contributed by atoms with Gasteiger partial charge >= 0.3 is 0 Å². The second-order valence-corrected chi connectivity index (χ2v) is 5.88. The van der Waals surface area contributed by atoms with Crippen LogP contribution in [0.25, 0.3) is 0 Å². The van der Waals surface area contributed by atoms with Crippen LogP contribution < -0.4 is 14.8 Å². The number of methoxy groups -OCH3 is 2. The molecular formula is C19H21FN2O6. The Labute approximate surface area is 161 Å². The first-order valence-electron chi connectivity index (χ1n) is 8.38. The minimum Gasteiger partial charge on any atom is -0.493 e. The maximum Gasteiger partial charge on any atom is 0.286 e. The van der Waals surface area contributed by atoms with Crippen molar-refractivity contribution in [2.75, 3.05) is 27.4 Å². The lowest BCUT2D eigenvalue weighted by Gasteiger charge is -2.13. The quantitative estimate of drug-likeness (QED) is 0.400. The van der Waals surface area contributed by atoms with Gasteiger partial charge in [0.1, 0.15) is 18.0 Å². The zero-order valence-electron chi connectivity index (χ0n) is 15.8. The van der Waals surface area contributed by atoms with Crippen molar-refractivity contribution in [1.82, 2.24) is 5.32 Å². The van der Waals surface area contributed by atoms with Gasteiger partial charge in [-0.15, -0.1) is 0 Å². The van der Waals surface area contributed by atoms with Crippen LogP contribution in [0, 0.1) is 22.9 Å². The van der Waals surface area contributed by atoms with Gasteiger partial charge in [-0.2, -0.15) is 0 Å². The van der Waals surface area contributed by atoms with Crippen molar-refractivity contribution in [1.29, 1.82) is 0 Å².